The second kappa shape index (κ2) is 7.34. The first kappa shape index (κ1) is 14.9. The fraction of sp³-hybridized carbons (Fsp3) is 1.00. The second-order valence-electron chi connectivity index (χ2n) is 5.20. The van der Waals surface area contributed by atoms with Gasteiger partial charge in [-0.1, -0.05) is 12.8 Å². The summed E-state index contributed by atoms with van der Waals surface area (Å²) in [5.41, 5.74) is 0. The molecule has 0 bridgehead atoms. The van der Waals surface area contributed by atoms with E-state index in [1.54, 1.807) is 0 Å². The highest BCUT2D eigenvalue weighted by Crippen LogP contribution is 2.08. The summed E-state index contributed by atoms with van der Waals surface area (Å²) < 4.78 is 22.2. The highest BCUT2D eigenvalue weighted by molar-refractivity contribution is 7.90. The molecule has 0 spiro atoms. The van der Waals surface area contributed by atoms with Gasteiger partial charge < -0.3 is 10.2 Å². The lowest BCUT2D eigenvalue weighted by molar-refractivity contribution is 0.281. The van der Waals surface area contributed by atoms with E-state index in [9.17, 15) is 8.42 Å². The van der Waals surface area contributed by atoms with E-state index in [1.807, 2.05) is 6.92 Å². The van der Waals surface area contributed by atoms with Crippen LogP contribution < -0.4 is 5.32 Å². The SMILES string of the molecule is CC(CS(C)(=O)=O)NCCN1CCCCCC1. The van der Waals surface area contributed by atoms with Gasteiger partial charge >= 0.3 is 0 Å². The predicted octanol–water partition coefficient (Wildman–Crippen LogP) is 0.885. The van der Waals surface area contributed by atoms with Crippen LogP contribution in [-0.2, 0) is 9.84 Å². The molecule has 1 fully saturated rings. The van der Waals surface area contributed by atoms with E-state index in [1.165, 1.54) is 45.0 Å². The summed E-state index contributed by atoms with van der Waals surface area (Å²) in [4.78, 5) is 2.48. The third-order valence-corrected chi connectivity index (χ3v) is 4.28. The Morgan fingerprint density at radius 3 is 2.29 bits per heavy atom. The molecule has 0 saturated carbocycles. The molecular formula is C12H26N2O2S. The van der Waals surface area contributed by atoms with Gasteiger partial charge in [0.05, 0.1) is 5.75 Å². The van der Waals surface area contributed by atoms with Gasteiger partial charge in [-0.05, 0) is 32.9 Å². The molecule has 0 aliphatic carbocycles. The molecule has 1 heterocycles. The van der Waals surface area contributed by atoms with E-state index in [0.717, 1.165) is 13.1 Å². The van der Waals surface area contributed by atoms with Crippen LogP contribution in [0, 0.1) is 0 Å². The highest BCUT2D eigenvalue weighted by atomic mass is 32.2. The van der Waals surface area contributed by atoms with E-state index in [0.29, 0.717) is 0 Å². The molecule has 102 valence electrons. The van der Waals surface area contributed by atoms with E-state index < -0.39 is 9.84 Å². The van der Waals surface area contributed by atoms with Crippen molar-refractivity contribution in [1.29, 1.82) is 0 Å². The van der Waals surface area contributed by atoms with Gasteiger partial charge in [0.1, 0.15) is 9.84 Å². The number of sulfone groups is 1. The van der Waals surface area contributed by atoms with Gasteiger partial charge in [-0.25, -0.2) is 8.42 Å². The topological polar surface area (TPSA) is 49.4 Å². The van der Waals surface area contributed by atoms with Crippen molar-refractivity contribution in [2.45, 2.75) is 38.6 Å². The largest absolute Gasteiger partial charge is 0.312 e. The summed E-state index contributed by atoms with van der Waals surface area (Å²) in [7, 11) is -2.86. The van der Waals surface area contributed by atoms with Gasteiger partial charge in [-0.2, -0.15) is 0 Å². The smallest absolute Gasteiger partial charge is 0.148 e. The van der Waals surface area contributed by atoms with Crippen LogP contribution >= 0.6 is 0 Å². The van der Waals surface area contributed by atoms with Crippen molar-refractivity contribution >= 4 is 9.84 Å². The van der Waals surface area contributed by atoms with Crippen molar-refractivity contribution in [2.75, 3.05) is 38.2 Å². The van der Waals surface area contributed by atoms with Crippen molar-refractivity contribution in [1.82, 2.24) is 10.2 Å². The zero-order chi connectivity index (χ0) is 12.7. The summed E-state index contributed by atoms with van der Waals surface area (Å²) in [6, 6.07) is 0.0528. The second-order valence-corrected chi connectivity index (χ2v) is 7.39. The van der Waals surface area contributed by atoms with Gasteiger partial charge in [0.2, 0.25) is 0 Å². The molecule has 1 rings (SSSR count). The predicted molar refractivity (Wildman–Crippen MR) is 72.1 cm³/mol. The van der Waals surface area contributed by atoms with Gasteiger partial charge in [0.15, 0.2) is 0 Å². The molecule has 5 heteroatoms. The molecule has 1 unspecified atom stereocenters. The molecule has 1 atom stereocenters. The number of rotatable bonds is 6. The van der Waals surface area contributed by atoms with E-state index in [2.05, 4.69) is 10.2 Å². The van der Waals surface area contributed by atoms with Crippen LogP contribution in [0.1, 0.15) is 32.6 Å². The quantitative estimate of drug-likeness (QED) is 0.772. The van der Waals surface area contributed by atoms with E-state index >= 15 is 0 Å². The molecule has 0 aromatic carbocycles. The third kappa shape index (κ3) is 7.73. The fourth-order valence-corrected chi connectivity index (χ4v) is 3.37. The Hall–Kier alpha value is -0.130. The highest BCUT2D eigenvalue weighted by Gasteiger charge is 2.11. The number of hydrogen-bond acceptors (Lipinski definition) is 4. The van der Waals surface area contributed by atoms with Crippen LogP contribution in [0.3, 0.4) is 0 Å². The Kier molecular flexibility index (Phi) is 6.44. The van der Waals surface area contributed by atoms with Crippen LogP contribution in [0.15, 0.2) is 0 Å². The lowest BCUT2D eigenvalue weighted by Gasteiger charge is -2.21. The minimum Gasteiger partial charge on any atom is -0.312 e. The molecule has 1 N–H and O–H groups in total. The average molecular weight is 262 g/mol. The number of likely N-dealkylation sites (tertiary alicyclic amines) is 1. The molecule has 0 aromatic rings. The third-order valence-electron chi connectivity index (χ3n) is 3.17. The Bertz CT molecular complexity index is 296. The van der Waals surface area contributed by atoms with Gasteiger partial charge in [0, 0.05) is 25.4 Å². The summed E-state index contributed by atoms with van der Waals surface area (Å²) >= 11 is 0. The minimum absolute atomic E-state index is 0.0528. The average Bonchev–Trinajstić information content (AvgIpc) is 2.43. The summed E-state index contributed by atoms with van der Waals surface area (Å²) in [6.45, 7) is 6.25. The van der Waals surface area contributed by atoms with Crippen molar-refractivity contribution in [3.05, 3.63) is 0 Å². The maximum absolute atomic E-state index is 11.1. The van der Waals surface area contributed by atoms with Gasteiger partial charge in [0.25, 0.3) is 0 Å². The number of hydrogen-bond donors (Lipinski definition) is 1. The first-order valence-corrected chi connectivity index (χ1v) is 8.67. The van der Waals surface area contributed by atoms with Crippen molar-refractivity contribution < 1.29 is 8.42 Å². The molecule has 0 aromatic heterocycles. The zero-order valence-corrected chi connectivity index (χ0v) is 11.9. The Labute approximate surface area is 106 Å². The minimum atomic E-state index is -2.86. The summed E-state index contributed by atoms with van der Waals surface area (Å²) in [5.74, 6) is 0.229. The van der Waals surface area contributed by atoms with Crippen LogP contribution in [0.4, 0.5) is 0 Å². The van der Waals surface area contributed by atoms with Crippen molar-refractivity contribution in [3.63, 3.8) is 0 Å². The molecule has 1 aliphatic rings. The zero-order valence-electron chi connectivity index (χ0n) is 11.1. The molecule has 1 aliphatic heterocycles. The van der Waals surface area contributed by atoms with Crippen molar-refractivity contribution in [2.24, 2.45) is 0 Å². The summed E-state index contributed by atoms with van der Waals surface area (Å²) in [5, 5.41) is 3.29. The Morgan fingerprint density at radius 1 is 1.18 bits per heavy atom. The van der Waals surface area contributed by atoms with E-state index in [4.69, 9.17) is 0 Å². The molecule has 1 saturated heterocycles. The number of nitrogens with one attached hydrogen (secondary N) is 1. The molecule has 17 heavy (non-hydrogen) atoms. The fourth-order valence-electron chi connectivity index (χ4n) is 2.34. The number of nitrogens with zero attached hydrogens (tertiary/aromatic N) is 1. The Morgan fingerprint density at radius 2 is 1.76 bits per heavy atom. The maximum atomic E-state index is 11.1. The van der Waals surface area contributed by atoms with Crippen LogP contribution in [0.5, 0.6) is 0 Å². The molecular weight excluding hydrogens is 236 g/mol. The van der Waals surface area contributed by atoms with Gasteiger partial charge in [-0.15, -0.1) is 0 Å². The first-order valence-electron chi connectivity index (χ1n) is 6.61. The lowest BCUT2D eigenvalue weighted by atomic mass is 10.2. The van der Waals surface area contributed by atoms with Crippen LogP contribution in [0.2, 0.25) is 0 Å². The standard InChI is InChI=1S/C12H26N2O2S/c1-12(11-17(2,15)16)13-7-10-14-8-5-3-4-6-9-14/h12-13H,3-11H2,1-2H3. The monoisotopic (exact) mass is 262 g/mol. The van der Waals surface area contributed by atoms with Crippen LogP contribution in [0.25, 0.3) is 0 Å². The van der Waals surface area contributed by atoms with Crippen LogP contribution in [-0.4, -0.2) is 57.5 Å². The van der Waals surface area contributed by atoms with Crippen molar-refractivity contribution in [3.8, 4) is 0 Å². The maximum Gasteiger partial charge on any atom is 0.148 e. The summed E-state index contributed by atoms with van der Waals surface area (Å²) in [6.07, 6.45) is 6.61. The molecule has 0 radical (unpaired) electrons. The van der Waals surface area contributed by atoms with E-state index in [-0.39, 0.29) is 11.8 Å². The molecule has 4 nitrogen and oxygen atoms in total. The Balaban J connectivity index is 2.13. The van der Waals surface area contributed by atoms with Gasteiger partial charge in [-0.3, -0.25) is 0 Å². The molecule has 0 amide bonds. The first-order chi connectivity index (χ1) is 7.97. The normalized spacial score (nSPS) is 21.1. The lowest BCUT2D eigenvalue weighted by Crippen LogP contribution is -2.39.